The Kier molecular flexibility index (Phi) is 6.07. The van der Waals surface area contributed by atoms with Crippen molar-refractivity contribution in [3.63, 3.8) is 0 Å². The number of aliphatic hydroxyl groups is 1. The molecule has 3 nitrogen and oxygen atoms in total. The van der Waals surface area contributed by atoms with Crippen molar-refractivity contribution in [3.8, 4) is 0 Å². The standard InChI is InChI=1S/C12H15F2NO2S/c1-8(7-16)15-12(17)4-5-18-9-2-3-10(13)11(14)6-9/h2-3,6,8,16H,4-5,7H2,1H3,(H,15,17)/t8-/m1/s1. The Balaban J connectivity index is 2.33. The number of carbonyl (C=O) groups is 1. The summed E-state index contributed by atoms with van der Waals surface area (Å²) in [5, 5.41) is 11.3. The summed E-state index contributed by atoms with van der Waals surface area (Å²) < 4.78 is 25.5. The molecule has 0 unspecified atom stereocenters. The number of amides is 1. The van der Waals surface area contributed by atoms with E-state index in [9.17, 15) is 13.6 Å². The van der Waals surface area contributed by atoms with Crippen LogP contribution in [-0.2, 0) is 4.79 Å². The first-order chi connectivity index (χ1) is 8.52. The van der Waals surface area contributed by atoms with Crippen LogP contribution in [0.4, 0.5) is 8.78 Å². The van der Waals surface area contributed by atoms with E-state index in [-0.39, 0.29) is 25.0 Å². The summed E-state index contributed by atoms with van der Waals surface area (Å²) in [4.78, 5) is 11.9. The molecule has 100 valence electrons. The molecule has 0 heterocycles. The van der Waals surface area contributed by atoms with Crippen LogP contribution in [0.15, 0.2) is 23.1 Å². The monoisotopic (exact) mass is 275 g/mol. The highest BCUT2D eigenvalue weighted by molar-refractivity contribution is 7.99. The molecule has 0 aliphatic carbocycles. The lowest BCUT2D eigenvalue weighted by Crippen LogP contribution is -2.35. The number of thioether (sulfide) groups is 1. The summed E-state index contributed by atoms with van der Waals surface area (Å²) in [5.74, 6) is -1.48. The second kappa shape index (κ2) is 7.33. The van der Waals surface area contributed by atoms with Gasteiger partial charge in [-0.1, -0.05) is 0 Å². The molecule has 1 amide bonds. The topological polar surface area (TPSA) is 49.3 Å². The second-order valence-corrected chi connectivity index (χ2v) is 4.99. The van der Waals surface area contributed by atoms with Gasteiger partial charge in [-0.3, -0.25) is 4.79 Å². The van der Waals surface area contributed by atoms with Gasteiger partial charge in [0.05, 0.1) is 6.61 Å². The highest BCUT2D eigenvalue weighted by Gasteiger charge is 2.07. The summed E-state index contributed by atoms with van der Waals surface area (Å²) in [5.41, 5.74) is 0. The van der Waals surface area contributed by atoms with E-state index in [1.54, 1.807) is 6.92 Å². The highest BCUT2D eigenvalue weighted by Crippen LogP contribution is 2.20. The number of aliphatic hydroxyl groups excluding tert-OH is 1. The average Bonchev–Trinajstić information content (AvgIpc) is 2.33. The molecule has 1 atom stereocenters. The van der Waals surface area contributed by atoms with Crippen molar-refractivity contribution in [2.45, 2.75) is 24.3 Å². The first-order valence-corrected chi connectivity index (χ1v) is 6.49. The molecule has 0 aromatic heterocycles. The molecule has 0 fully saturated rings. The third kappa shape index (κ3) is 5.01. The predicted octanol–water partition coefficient (Wildman–Crippen LogP) is 1.94. The third-order valence-electron chi connectivity index (χ3n) is 2.17. The first kappa shape index (κ1) is 14.9. The van der Waals surface area contributed by atoms with Crippen molar-refractivity contribution in [2.24, 2.45) is 0 Å². The number of carbonyl (C=O) groups excluding carboxylic acids is 1. The van der Waals surface area contributed by atoms with Crippen LogP contribution in [0, 0.1) is 11.6 Å². The summed E-state index contributed by atoms with van der Waals surface area (Å²) >= 11 is 1.28. The molecule has 0 spiro atoms. The lowest BCUT2D eigenvalue weighted by Gasteiger charge is -2.10. The Bertz CT molecular complexity index is 415. The van der Waals surface area contributed by atoms with Crippen LogP contribution in [0.2, 0.25) is 0 Å². The molecule has 1 rings (SSSR count). The van der Waals surface area contributed by atoms with Gasteiger partial charge in [-0.05, 0) is 25.1 Å². The molecule has 0 aliphatic rings. The molecular weight excluding hydrogens is 260 g/mol. The minimum absolute atomic E-state index is 0.109. The van der Waals surface area contributed by atoms with Crippen molar-refractivity contribution in [1.29, 1.82) is 0 Å². The molecule has 2 N–H and O–H groups in total. The van der Waals surface area contributed by atoms with E-state index in [0.717, 1.165) is 12.1 Å². The molecule has 6 heteroatoms. The zero-order chi connectivity index (χ0) is 13.5. The number of hydrogen-bond acceptors (Lipinski definition) is 3. The first-order valence-electron chi connectivity index (χ1n) is 5.51. The quantitative estimate of drug-likeness (QED) is 0.780. The fourth-order valence-corrected chi connectivity index (χ4v) is 2.10. The highest BCUT2D eigenvalue weighted by atomic mass is 32.2. The van der Waals surface area contributed by atoms with Crippen LogP contribution in [0.1, 0.15) is 13.3 Å². The van der Waals surface area contributed by atoms with Gasteiger partial charge in [-0.25, -0.2) is 8.78 Å². The van der Waals surface area contributed by atoms with Crippen LogP contribution in [-0.4, -0.2) is 29.4 Å². The summed E-state index contributed by atoms with van der Waals surface area (Å²) in [7, 11) is 0. The van der Waals surface area contributed by atoms with E-state index in [0.29, 0.717) is 10.6 Å². The van der Waals surface area contributed by atoms with Crippen molar-refractivity contribution in [3.05, 3.63) is 29.8 Å². The lowest BCUT2D eigenvalue weighted by atomic mass is 10.3. The Morgan fingerprint density at radius 3 is 2.78 bits per heavy atom. The molecule has 0 saturated heterocycles. The smallest absolute Gasteiger partial charge is 0.221 e. The minimum atomic E-state index is -0.890. The van der Waals surface area contributed by atoms with Crippen molar-refractivity contribution >= 4 is 17.7 Å². The Morgan fingerprint density at radius 2 is 2.17 bits per heavy atom. The number of nitrogens with one attached hydrogen (secondary N) is 1. The maximum Gasteiger partial charge on any atom is 0.221 e. The third-order valence-corrected chi connectivity index (χ3v) is 3.17. The van der Waals surface area contributed by atoms with Crippen LogP contribution >= 0.6 is 11.8 Å². The maximum atomic E-state index is 12.9. The molecule has 0 radical (unpaired) electrons. The van der Waals surface area contributed by atoms with E-state index in [1.807, 2.05) is 0 Å². The van der Waals surface area contributed by atoms with Crippen molar-refractivity contribution < 1.29 is 18.7 Å². The average molecular weight is 275 g/mol. The normalized spacial score (nSPS) is 12.2. The number of hydrogen-bond donors (Lipinski definition) is 2. The fourth-order valence-electron chi connectivity index (χ4n) is 1.22. The van der Waals surface area contributed by atoms with Gasteiger partial charge in [0.1, 0.15) is 0 Å². The number of rotatable bonds is 6. The second-order valence-electron chi connectivity index (χ2n) is 3.83. The summed E-state index contributed by atoms with van der Waals surface area (Å²) in [6, 6.07) is 3.36. The van der Waals surface area contributed by atoms with Crippen LogP contribution < -0.4 is 5.32 Å². The minimum Gasteiger partial charge on any atom is -0.394 e. The molecule has 0 bridgehead atoms. The molecule has 1 aromatic rings. The van der Waals surface area contributed by atoms with E-state index < -0.39 is 11.6 Å². The maximum absolute atomic E-state index is 12.9. The van der Waals surface area contributed by atoms with Gasteiger partial charge < -0.3 is 10.4 Å². The largest absolute Gasteiger partial charge is 0.394 e. The van der Waals surface area contributed by atoms with Crippen molar-refractivity contribution in [2.75, 3.05) is 12.4 Å². The predicted molar refractivity (Wildman–Crippen MR) is 66.4 cm³/mol. The fraction of sp³-hybridized carbons (Fsp3) is 0.417. The molecule has 18 heavy (non-hydrogen) atoms. The Labute approximate surface area is 109 Å². The van der Waals surface area contributed by atoms with Gasteiger partial charge in [0.15, 0.2) is 11.6 Å². The van der Waals surface area contributed by atoms with Gasteiger partial charge in [0.25, 0.3) is 0 Å². The molecule has 0 aliphatic heterocycles. The molecule has 1 aromatic carbocycles. The Hall–Kier alpha value is -1.14. The number of benzene rings is 1. The van der Waals surface area contributed by atoms with E-state index in [1.165, 1.54) is 17.8 Å². The Morgan fingerprint density at radius 1 is 1.44 bits per heavy atom. The van der Waals surface area contributed by atoms with Gasteiger partial charge in [-0.2, -0.15) is 0 Å². The van der Waals surface area contributed by atoms with Gasteiger partial charge in [-0.15, -0.1) is 11.8 Å². The van der Waals surface area contributed by atoms with Gasteiger partial charge in [0.2, 0.25) is 5.91 Å². The van der Waals surface area contributed by atoms with Crippen LogP contribution in [0.5, 0.6) is 0 Å². The molecule has 0 saturated carbocycles. The van der Waals surface area contributed by atoms with E-state index in [4.69, 9.17) is 5.11 Å². The van der Waals surface area contributed by atoms with Crippen LogP contribution in [0.25, 0.3) is 0 Å². The number of halogens is 2. The zero-order valence-electron chi connectivity index (χ0n) is 9.95. The lowest BCUT2D eigenvalue weighted by molar-refractivity contribution is -0.121. The molecular formula is C12H15F2NO2S. The van der Waals surface area contributed by atoms with Crippen molar-refractivity contribution in [1.82, 2.24) is 5.32 Å². The van der Waals surface area contributed by atoms with Gasteiger partial charge >= 0.3 is 0 Å². The van der Waals surface area contributed by atoms with E-state index >= 15 is 0 Å². The summed E-state index contributed by atoms with van der Waals surface area (Å²) in [6.07, 6.45) is 0.258. The SMILES string of the molecule is C[C@H](CO)NC(=O)CCSc1ccc(F)c(F)c1. The summed E-state index contributed by atoms with van der Waals surface area (Å²) in [6.45, 7) is 1.59. The van der Waals surface area contributed by atoms with E-state index in [2.05, 4.69) is 5.32 Å². The van der Waals surface area contributed by atoms with Gasteiger partial charge in [0, 0.05) is 23.1 Å². The van der Waals surface area contributed by atoms with Crippen LogP contribution in [0.3, 0.4) is 0 Å². The zero-order valence-corrected chi connectivity index (χ0v) is 10.8.